The van der Waals surface area contributed by atoms with Gasteiger partial charge in [0.05, 0.1) is 5.02 Å². The zero-order valence-corrected chi connectivity index (χ0v) is 9.24. The molecule has 0 saturated heterocycles. The largest absolute Gasteiger partial charge is 0.324 e. The van der Waals surface area contributed by atoms with Gasteiger partial charge in [-0.25, -0.2) is 14.4 Å². The van der Waals surface area contributed by atoms with Crippen LogP contribution in [0.15, 0.2) is 30.5 Å². The maximum atomic E-state index is 13.2. The molecule has 1 aromatic carbocycles. The fourth-order valence-electron chi connectivity index (χ4n) is 1.18. The summed E-state index contributed by atoms with van der Waals surface area (Å²) in [5.74, 6) is -0.307. The van der Waals surface area contributed by atoms with Crippen LogP contribution in [0, 0.1) is 17.1 Å². The van der Waals surface area contributed by atoms with Crippen LogP contribution in [0.5, 0.6) is 0 Å². The van der Waals surface area contributed by atoms with E-state index in [1.165, 1.54) is 24.4 Å². The highest BCUT2D eigenvalue weighted by atomic mass is 35.5. The molecule has 0 spiro atoms. The zero-order chi connectivity index (χ0) is 12.3. The minimum absolute atomic E-state index is 0.0437. The van der Waals surface area contributed by atoms with Crippen molar-refractivity contribution in [2.75, 3.05) is 5.32 Å². The van der Waals surface area contributed by atoms with E-state index >= 15 is 0 Å². The molecular formula is C11H6ClFN4. The van der Waals surface area contributed by atoms with E-state index in [-0.39, 0.29) is 16.7 Å². The Bertz CT molecular complexity index is 594. The van der Waals surface area contributed by atoms with E-state index in [4.69, 9.17) is 16.9 Å². The highest BCUT2D eigenvalue weighted by Gasteiger charge is 2.03. The SMILES string of the molecule is N#Cc1ccnc(Nc2ccc(Cl)c(F)c2)n1. The molecule has 1 aromatic heterocycles. The molecule has 0 atom stereocenters. The first-order chi connectivity index (χ1) is 8.19. The number of rotatable bonds is 2. The van der Waals surface area contributed by atoms with Gasteiger partial charge in [-0.1, -0.05) is 11.6 Å². The van der Waals surface area contributed by atoms with Crippen molar-refractivity contribution in [1.29, 1.82) is 5.26 Å². The fraction of sp³-hybridized carbons (Fsp3) is 0. The number of nitrogens with one attached hydrogen (secondary N) is 1. The highest BCUT2D eigenvalue weighted by Crippen LogP contribution is 2.20. The van der Waals surface area contributed by atoms with Gasteiger partial charge >= 0.3 is 0 Å². The van der Waals surface area contributed by atoms with Gasteiger partial charge in [-0.2, -0.15) is 5.26 Å². The van der Waals surface area contributed by atoms with E-state index in [0.717, 1.165) is 0 Å². The summed E-state index contributed by atoms with van der Waals surface area (Å²) < 4.78 is 13.2. The van der Waals surface area contributed by atoms with Gasteiger partial charge in [0.1, 0.15) is 17.6 Å². The maximum Gasteiger partial charge on any atom is 0.228 e. The van der Waals surface area contributed by atoms with Gasteiger partial charge in [-0.05, 0) is 24.3 Å². The fourth-order valence-corrected chi connectivity index (χ4v) is 1.30. The van der Waals surface area contributed by atoms with Gasteiger partial charge in [-0.15, -0.1) is 0 Å². The van der Waals surface area contributed by atoms with Gasteiger partial charge in [0.15, 0.2) is 0 Å². The van der Waals surface area contributed by atoms with Crippen LogP contribution in [-0.4, -0.2) is 9.97 Å². The number of anilines is 2. The van der Waals surface area contributed by atoms with Crippen molar-refractivity contribution in [3.63, 3.8) is 0 Å². The Labute approximate surface area is 102 Å². The summed E-state index contributed by atoms with van der Waals surface area (Å²) in [6.07, 6.45) is 1.44. The Morgan fingerprint density at radius 1 is 1.35 bits per heavy atom. The van der Waals surface area contributed by atoms with Crippen molar-refractivity contribution in [2.24, 2.45) is 0 Å². The molecule has 2 aromatic rings. The molecule has 0 unspecified atom stereocenters. The van der Waals surface area contributed by atoms with Crippen molar-refractivity contribution in [3.05, 3.63) is 47.0 Å². The van der Waals surface area contributed by atoms with E-state index in [0.29, 0.717) is 5.69 Å². The monoisotopic (exact) mass is 248 g/mol. The van der Waals surface area contributed by atoms with E-state index in [9.17, 15) is 4.39 Å². The predicted molar refractivity (Wildman–Crippen MR) is 61.4 cm³/mol. The molecule has 1 heterocycles. The van der Waals surface area contributed by atoms with E-state index < -0.39 is 5.82 Å². The average Bonchev–Trinajstić information content (AvgIpc) is 2.34. The van der Waals surface area contributed by atoms with Gasteiger partial charge in [0, 0.05) is 11.9 Å². The van der Waals surface area contributed by atoms with E-state index in [2.05, 4.69) is 15.3 Å². The third kappa shape index (κ3) is 2.68. The second-order valence-corrected chi connectivity index (χ2v) is 3.54. The molecule has 0 amide bonds. The lowest BCUT2D eigenvalue weighted by Crippen LogP contribution is -1.98. The minimum Gasteiger partial charge on any atom is -0.324 e. The molecule has 0 radical (unpaired) electrons. The Morgan fingerprint density at radius 3 is 2.88 bits per heavy atom. The van der Waals surface area contributed by atoms with Gasteiger partial charge in [0.2, 0.25) is 5.95 Å². The molecular weight excluding hydrogens is 243 g/mol. The summed E-state index contributed by atoms with van der Waals surface area (Å²) in [6, 6.07) is 7.61. The molecule has 84 valence electrons. The summed E-state index contributed by atoms with van der Waals surface area (Å²) in [7, 11) is 0. The Morgan fingerprint density at radius 2 is 2.18 bits per heavy atom. The van der Waals surface area contributed by atoms with Crippen molar-refractivity contribution >= 4 is 23.2 Å². The van der Waals surface area contributed by atoms with Crippen LogP contribution in [0.25, 0.3) is 0 Å². The van der Waals surface area contributed by atoms with Crippen LogP contribution < -0.4 is 5.32 Å². The maximum absolute atomic E-state index is 13.2. The number of hydrogen-bond donors (Lipinski definition) is 1. The molecule has 0 aliphatic rings. The van der Waals surface area contributed by atoms with Crippen LogP contribution in [0.3, 0.4) is 0 Å². The zero-order valence-electron chi connectivity index (χ0n) is 8.48. The first-order valence-corrected chi connectivity index (χ1v) is 5.02. The Kier molecular flexibility index (Phi) is 3.17. The first-order valence-electron chi connectivity index (χ1n) is 4.64. The van der Waals surface area contributed by atoms with Crippen LogP contribution in [-0.2, 0) is 0 Å². The average molecular weight is 249 g/mol. The third-order valence-corrected chi connectivity index (χ3v) is 2.25. The van der Waals surface area contributed by atoms with Crippen molar-refractivity contribution < 1.29 is 4.39 Å². The Balaban J connectivity index is 2.25. The standard InChI is InChI=1S/C11H6ClFN4/c12-9-2-1-7(5-10(9)13)16-11-15-4-3-8(6-14)17-11/h1-5H,(H,15,16,17). The number of hydrogen-bond acceptors (Lipinski definition) is 4. The number of benzene rings is 1. The summed E-state index contributed by atoms with van der Waals surface area (Å²) in [4.78, 5) is 7.81. The number of halogens is 2. The lowest BCUT2D eigenvalue weighted by atomic mass is 10.3. The molecule has 2 rings (SSSR count). The van der Waals surface area contributed by atoms with Gasteiger partial charge in [0.25, 0.3) is 0 Å². The van der Waals surface area contributed by atoms with Crippen LogP contribution >= 0.6 is 11.6 Å². The summed E-state index contributed by atoms with van der Waals surface area (Å²) in [5.41, 5.74) is 0.693. The van der Waals surface area contributed by atoms with Crippen molar-refractivity contribution in [2.45, 2.75) is 0 Å². The molecule has 0 aliphatic carbocycles. The molecule has 0 saturated carbocycles. The molecule has 0 bridgehead atoms. The lowest BCUT2D eigenvalue weighted by molar-refractivity contribution is 0.629. The summed E-state index contributed by atoms with van der Waals surface area (Å²) >= 11 is 5.55. The second-order valence-electron chi connectivity index (χ2n) is 3.13. The van der Waals surface area contributed by atoms with Crippen LogP contribution in [0.2, 0.25) is 5.02 Å². The normalized spacial score (nSPS) is 9.71. The topological polar surface area (TPSA) is 61.6 Å². The number of aromatic nitrogens is 2. The van der Waals surface area contributed by atoms with Crippen molar-refractivity contribution in [1.82, 2.24) is 9.97 Å². The van der Waals surface area contributed by atoms with E-state index in [1.807, 2.05) is 6.07 Å². The molecule has 17 heavy (non-hydrogen) atoms. The third-order valence-electron chi connectivity index (χ3n) is 1.95. The van der Waals surface area contributed by atoms with Gasteiger partial charge in [-0.3, -0.25) is 0 Å². The van der Waals surface area contributed by atoms with Crippen molar-refractivity contribution in [3.8, 4) is 6.07 Å². The number of nitriles is 1. The molecule has 0 aliphatic heterocycles. The lowest BCUT2D eigenvalue weighted by Gasteiger charge is -2.04. The second kappa shape index (κ2) is 4.76. The molecule has 1 N–H and O–H groups in total. The smallest absolute Gasteiger partial charge is 0.228 e. The van der Waals surface area contributed by atoms with E-state index in [1.54, 1.807) is 6.07 Å². The predicted octanol–water partition coefficient (Wildman–Crippen LogP) is 2.88. The quantitative estimate of drug-likeness (QED) is 0.888. The summed E-state index contributed by atoms with van der Waals surface area (Å²) in [6.45, 7) is 0. The minimum atomic E-state index is -0.534. The Hall–Kier alpha value is -2.19. The van der Waals surface area contributed by atoms with Crippen LogP contribution in [0.4, 0.5) is 16.0 Å². The van der Waals surface area contributed by atoms with Gasteiger partial charge < -0.3 is 5.32 Å². The molecule has 0 fully saturated rings. The highest BCUT2D eigenvalue weighted by molar-refractivity contribution is 6.30. The van der Waals surface area contributed by atoms with Crippen LogP contribution in [0.1, 0.15) is 5.69 Å². The first kappa shape index (κ1) is 11.3. The molecule has 6 heteroatoms. The molecule has 4 nitrogen and oxygen atoms in total. The summed E-state index contributed by atoms with van der Waals surface area (Å²) in [5, 5.41) is 11.5. The number of nitrogens with zero attached hydrogens (tertiary/aromatic N) is 3.